The zero-order valence-electron chi connectivity index (χ0n) is 15.6. The lowest BCUT2D eigenvalue weighted by molar-refractivity contribution is 0.0800. The second-order valence-electron chi connectivity index (χ2n) is 7.00. The number of phenols is 1. The van der Waals surface area contributed by atoms with Crippen molar-refractivity contribution in [3.63, 3.8) is 0 Å². The van der Waals surface area contributed by atoms with E-state index in [2.05, 4.69) is 15.0 Å². The number of carbonyl (C=O) groups excluding carboxylic acids is 1. The molecule has 1 aromatic heterocycles. The number of piperazine rings is 1. The fourth-order valence-electron chi connectivity index (χ4n) is 3.80. The molecule has 1 saturated heterocycles. The number of ketones is 1. The van der Waals surface area contributed by atoms with Crippen LogP contribution >= 0.6 is 0 Å². The molecule has 1 unspecified atom stereocenters. The largest absolute Gasteiger partial charge is 0.508 e. The fraction of sp³-hybridized carbons (Fsp3) is 0.333. The second-order valence-corrected chi connectivity index (χ2v) is 7.00. The van der Waals surface area contributed by atoms with E-state index in [-0.39, 0.29) is 23.4 Å². The van der Waals surface area contributed by atoms with Crippen molar-refractivity contribution in [3.8, 4) is 5.75 Å². The van der Waals surface area contributed by atoms with E-state index in [9.17, 15) is 14.3 Å². The molecule has 146 valence electrons. The molecule has 1 aliphatic rings. The average Bonchev–Trinajstić information content (AvgIpc) is 3.12. The highest BCUT2D eigenvalue weighted by Gasteiger charge is 2.29. The molecule has 0 spiro atoms. The van der Waals surface area contributed by atoms with Gasteiger partial charge < -0.3 is 14.5 Å². The first kappa shape index (κ1) is 18.4. The normalized spacial score (nSPS) is 16.4. The van der Waals surface area contributed by atoms with Crippen LogP contribution in [-0.4, -0.2) is 53.2 Å². The summed E-state index contributed by atoms with van der Waals surface area (Å²) in [6.45, 7) is 4.87. The Morgan fingerprint density at radius 1 is 1.18 bits per heavy atom. The molecule has 2 aromatic carbocycles. The highest BCUT2D eigenvalue weighted by atomic mass is 19.1. The van der Waals surface area contributed by atoms with E-state index in [0.29, 0.717) is 17.6 Å². The number of aromatic hydroxyl groups is 1. The minimum absolute atomic E-state index is 0.0262. The zero-order valence-corrected chi connectivity index (χ0v) is 15.6. The van der Waals surface area contributed by atoms with E-state index in [1.807, 2.05) is 6.92 Å². The van der Waals surface area contributed by atoms with Crippen molar-refractivity contribution in [2.24, 2.45) is 0 Å². The van der Waals surface area contributed by atoms with E-state index in [1.54, 1.807) is 30.3 Å². The van der Waals surface area contributed by atoms with Crippen molar-refractivity contribution in [1.29, 1.82) is 0 Å². The number of fused-ring (bicyclic) bond motifs is 1. The predicted molar refractivity (Wildman–Crippen MR) is 104 cm³/mol. The van der Waals surface area contributed by atoms with Gasteiger partial charge in [0.2, 0.25) is 0 Å². The fourth-order valence-corrected chi connectivity index (χ4v) is 3.80. The van der Waals surface area contributed by atoms with Gasteiger partial charge in [-0.15, -0.1) is 0 Å². The van der Waals surface area contributed by atoms with Gasteiger partial charge in [0, 0.05) is 37.8 Å². The molecule has 0 aliphatic carbocycles. The summed E-state index contributed by atoms with van der Waals surface area (Å²) in [6, 6.07) is 10.5. The molecular formula is C21H22FN3O3. The zero-order chi connectivity index (χ0) is 19.7. The van der Waals surface area contributed by atoms with Gasteiger partial charge in [-0.1, -0.05) is 12.1 Å². The molecule has 7 heteroatoms. The molecule has 3 aromatic rings. The number of aromatic nitrogens is 1. The van der Waals surface area contributed by atoms with Crippen molar-refractivity contribution < 1.29 is 18.8 Å². The number of nitrogens with zero attached hydrogens (tertiary/aromatic N) is 3. The van der Waals surface area contributed by atoms with Gasteiger partial charge in [0.15, 0.2) is 17.2 Å². The standard InChI is InChI=1S/C21H22FN3O3/c1-2-18(20(27)14-3-5-15(22)6-4-14)24-9-11-25(12-10-24)21-17-8-7-16(26)13-19(17)28-23-21/h3-8,13,18,26H,2,9-12H2,1H3. The number of carbonyl (C=O) groups is 1. The lowest BCUT2D eigenvalue weighted by atomic mass is 10.00. The number of hydrogen-bond donors (Lipinski definition) is 1. The van der Waals surface area contributed by atoms with Gasteiger partial charge in [-0.3, -0.25) is 9.69 Å². The van der Waals surface area contributed by atoms with Crippen LogP contribution in [0.2, 0.25) is 0 Å². The number of phenolic OH excluding ortho intramolecular Hbond substituents is 1. The second kappa shape index (κ2) is 7.59. The molecule has 0 amide bonds. The van der Waals surface area contributed by atoms with Crippen molar-refractivity contribution in [1.82, 2.24) is 10.1 Å². The smallest absolute Gasteiger partial charge is 0.180 e. The van der Waals surface area contributed by atoms with Crippen LogP contribution in [0.15, 0.2) is 47.0 Å². The van der Waals surface area contributed by atoms with Gasteiger partial charge in [-0.25, -0.2) is 4.39 Å². The number of Topliss-reactive ketones (excluding diaryl/α,β-unsaturated/α-hetero) is 1. The molecule has 0 saturated carbocycles. The minimum Gasteiger partial charge on any atom is -0.508 e. The first-order valence-electron chi connectivity index (χ1n) is 9.44. The summed E-state index contributed by atoms with van der Waals surface area (Å²) >= 11 is 0. The van der Waals surface area contributed by atoms with Crippen LogP contribution in [-0.2, 0) is 0 Å². The topological polar surface area (TPSA) is 69.8 Å². The van der Waals surface area contributed by atoms with Crippen LogP contribution in [0.5, 0.6) is 5.75 Å². The van der Waals surface area contributed by atoms with E-state index in [0.717, 1.165) is 37.4 Å². The third kappa shape index (κ3) is 3.45. The molecule has 1 aliphatic heterocycles. The van der Waals surface area contributed by atoms with Crippen LogP contribution in [0.1, 0.15) is 23.7 Å². The number of hydrogen-bond acceptors (Lipinski definition) is 6. The summed E-state index contributed by atoms with van der Waals surface area (Å²) in [5, 5.41) is 14.6. The average molecular weight is 383 g/mol. The number of anilines is 1. The first-order chi connectivity index (χ1) is 13.6. The third-order valence-corrected chi connectivity index (χ3v) is 5.31. The Kier molecular flexibility index (Phi) is 5.00. The Hall–Kier alpha value is -2.93. The Morgan fingerprint density at radius 3 is 2.57 bits per heavy atom. The van der Waals surface area contributed by atoms with Crippen molar-refractivity contribution in [2.45, 2.75) is 19.4 Å². The van der Waals surface area contributed by atoms with Gasteiger partial charge in [0.1, 0.15) is 11.6 Å². The number of halogens is 1. The molecule has 4 rings (SSSR count). The maximum Gasteiger partial charge on any atom is 0.180 e. The lowest BCUT2D eigenvalue weighted by Crippen LogP contribution is -2.52. The quantitative estimate of drug-likeness (QED) is 0.681. The number of rotatable bonds is 5. The van der Waals surface area contributed by atoms with E-state index < -0.39 is 0 Å². The van der Waals surface area contributed by atoms with E-state index in [4.69, 9.17) is 4.52 Å². The van der Waals surface area contributed by atoms with Crippen molar-refractivity contribution in [2.75, 3.05) is 31.1 Å². The monoisotopic (exact) mass is 383 g/mol. The summed E-state index contributed by atoms with van der Waals surface area (Å²) in [5.74, 6) is 0.586. The highest BCUT2D eigenvalue weighted by molar-refractivity contribution is 6.00. The molecule has 6 nitrogen and oxygen atoms in total. The van der Waals surface area contributed by atoms with Gasteiger partial charge in [0.05, 0.1) is 11.4 Å². The molecule has 1 N–H and O–H groups in total. The van der Waals surface area contributed by atoms with Gasteiger partial charge >= 0.3 is 0 Å². The third-order valence-electron chi connectivity index (χ3n) is 5.31. The van der Waals surface area contributed by atoms with Gasteiger partial charge in [-0.05, 0) is 42.8 Å². The molecule has 0 bridgehead atoms. The SMILES string of the molecule is CCC(C(=O)c1ccc(F)cc1)N1CCN(c2noc3cc(O)ccc23)CC1. The van der Waals surface area contributed by atoms with Crippen LogP contribution in [0.25, 0.3) is 11.0 Å². The summed E-state index contributed by atoms with van der Waals surface area (Å²) in [5.41, 5.74) is 1.09. The van der Waals surface area contributed by atoms with Crippen LogP contribution < -0.4 is 4.90 Å². The molecule has 28 heavy (non-hydrogen) atoms. The van der Waals surface area contributed by atoms with Crippen molar-refractivity contribution in [3.05, 3.63) is 53.8 Å². The highest BCUT2D eigenvalue weighted by Crippen LogP contribution is 2.29. The summed E-state index contributed by atoms with van der Waals surface area (Å²) in [7, 11) is 0. The Morgan fingerprint density at radius 2 is 1.89 bits per heavy atom. The van der Waals surface area contributed by atoms with Crippen LogP contribution in [0.4, 0.5) is 10.2 Å². The molecule has 1 fully saturated rings. The van der Waals surface area contributed by atoms with Crippen molar-refractivity contribution >= 4 is 22.6 Å². The Labute approximate surface area is 162 Å². The summed E-state index contributed by atoms with van der Waals surface area (Å²) in [4.78, 5) is 17.2. The minimum atomic E-state index is -0.341. The first-order valence-corrected chi connectivity index (χ1v) is 9.44. The van der Waals surface area contributed by atoms with E-state index in [1.165, 1.54) is 12.1 Å². The van der Waals surface area contributed by atoms with Crippen LogP contribution in [0, 0.1) is 5.82 Å². The summed E-state index contributed by atoms with van der Waals surface area (Å²) < 4.78 is 18.5. The molecule has 2 heterocycles. The van der Waals surface area contributed by atoms with Gasteiger partial charge in [-0.2, -0.15) is 0 Å². The summed E-state index contributed by atoms with van der Waals surface area (Å²) in [6.07, 6.45) is 0.697. The molecular weight excluding hydrogens is 361 g/mol. The maximum atomic E-state index is 13.1. The van der Waals surface area contributed by atoms with Crippen LogP contribution in [0.3, 0.4) is 0 Å². The predicted octanol–water partition coefficient (Wildman–Crippen LogP) is 3.46. The molecule has 0 radical (unpaired) electrons. The molecule has 1 atom stereocenters. The maximum absolute atomic E-state index is 13.1. The Balaban J connectivity index is 1.46. The van der Waals surface area contributed by atoms with Gasteiger partial charge in [0.25, 0.3) is 0 Å². The Bertz CT molecular complexity index is 978. The lowest BCUT2D eigenvalue weighted by Gasteiger charge is -2.38. The van der Waals surface area contributed by atoms with E-state index >= 15 is 0 Å². The number of benzene rings is 2.